The summed E-state index contributed by atoms with van der Waals surface area (Å²) in [7, 11) is 0. The van der Waals surface area contributed by atoms with Gasteiger partial charge in [-0.3, -0.25) is 4.79 Å². The molecule has 1 aliphatic heterocycles. The summed E-state index contributed by atoms with van der Waals surface area (Å²) in [5.74, 6) is -0.168. The van der Waals surface area contributed by atoms with E-state index < -0.39 is 0 Å². The number of benzene rings is 1. The summed E-state index contributed by atoms with van der Waals surface area (Å²) in [5, 5.41) is 15.2. The van der Waals surface area contributed by atoms with Crippen LogP contribution in [0.5, 0.6) is 0 Å². The zero-order valence-electron chi connectivity index (χ0n) is 11.2. The fourth-order valence-corrected chi connectivity index (χ4v) is 3.16. The Labute approximate surface area is 134 Å². The normalized spacial score (nSPS) is 14.4. The van der Waals surface area contributed by atoms with Crippen molar-refractivity contribution in [2.45, 2.75) is 13.0 Å². The summed E-state index contributed by atoms with van der Waals surface area (Å²) in [5.41, 5.74) is 2.95. The lowest BCUT2D eigenvalue weighted by molar-refractivity contribution is 0.0722. The Morgan fingerprint density at radius 3 is 2.95 bits per heavy atom. The highest BCUT2D eigenvalue weighted by atomic mass is 35.5. The van der Waals surface area contributed by atoms with E-state index in [1.807, 2.05) is 6.07 Å². The van der Waals surface area contributed by atoms with Crippen molar-refractivity contribution in [3.8, 4) is 0 Å². The van der Waals surface area contributed by atoms with E-state index >= 15 is 0 Å². The molecule has 4 rings (SSSR count). The number of carbonyl (C=O) groups is 1. The van der Waals surface area contributed by atoms with Crippen LogP contribution in [0.4, 0.5) is 0 Å². The van der Waals surface area contributed by atoms with Crippen LogP contribution >= 0.6 is 23.2 Å². The van der Waals surface area contributed by atoms with Crippen LogP contribution in [0.25, 0.3) is 10.9 Å². The lowest BCUT2D eigenvalue weighted by Crippen LogP contribution is -2.36. The van der Waals surface area contributed by atoms with Crippen LogP contribution in [0, 0.1) is 0 Å². The topological polar surface area (TPSA) is 90.6 Å². The Morgan fingerprint density at radius 1 is 1.32 bits per heavy atom. The predicted molar refractivity (Wildman–Crippen MR) is 80.9 cm³/mol. The Balaban J connectivity index is 1.74. The van der Waals surface area contributed by atoms with Gasteiger partial charge in [0.25, 0.3) is 11.7 Å². The minimum absolute atomic E-state index is 0.0735. The highest BCUT2D eigenvalue weighted by Gasteiger charge is 2.27. The van der Waals surface area contributed by atoms with Gasteiger partial charge in [0.2, 0.25) is 0 Å². The second-order valence-corrected chi connectivity index (χ2v) is 5.86. The first-order chi connectivity index (χ1) is 10.6. The molecule has 3 aromatic rings. The number of nitrogens with one attached hydrogen (secondary N) is 2. The van der Waals surface area contributed by atoms with Gasteiger partial charge in [-0.1, -0.05) is 29.3 Å². The predicted octanol–water partition coefficient (Wildman–Crippen LogP) is 2.19. The van der Waals surface area contributed by atoms with Crippen molar-refractivity contribution in [3.05, 3.63) is 39.3 Å². The van der Waals surface area contributed by atoms with Gasteiger partial charge in [0.1, 0.15) is 0 Å². The SMILES string of the molecule is O=C(c1nn[nH]n1)N1CCc2[nH]c3c(Cl)c(Cl)ccc3c2C1. The summed E-state index contributed by atoms with van der Waals surface area (Å²) in [6.45, 7) is 1.05. The molecule has 1 aromatic carbocycles. The molecule has 3 heterocycles. The molecule has 1 aliphatic rings. The fourth-order valence-electron chi connectivity index (χ4n) is 2.79. The van der Waals surface area contributed by atoms with Gasteiger partial charge in [0, 0.05) is 36.2 Å². The molecular weight excluding hydrogens is 327 g/mol. The third-order valence-corrected chi connectivity index (χ3v) is 4.67. The second kappa shape index (κ2) is 4.96. The van der Waals surface area contributed by atoms with Gasteiger partial charge in [0.05, 0.1) is 15.6 Å². The molecule has 1 amide bonds. The number of nitrogens with zero attached hydrogens (tertiary/aromatic N) is 4. The van der Waals surface area contributed by atoms with Crippen LogP contribution in [-0.4, -0.2) is 43.0 Å². The fraction of sp³-hybridized carbons (Fsp3) is 0.231. The highest BCUT2D eigenvalue weighted by Crippen LogP contribution is 2.35. The summed E-state index contributed by atoms with van der Waals surface area (Å²) in [4.78, 5) is 17.3. The van der Waals surface area contributed by atoms with Gasteiger partial charge in [-0.15, -0.1) is 10.2 Å². The number of tetrazole rings is 1. The van der Waals surface area contributed by atoms with Crippen LogP contribution in [0.3, 0.4) is 0 Å². The number of hydrogen-bond donors (Lipinski definition) is 2. The van der Waals surface area contributed by atoms with Gasteiger partial charge < -0.3 is 9.88 Å². The van der Waals surface area contributed by atoms with Crippen LogP contribution < -0.4 is 0 Å². The van der Waals surface area contributed by atoms with Crippen molar-refractivity contribution in [2.75, 3.05) is 6.54 Å². The molecule has 7 nitrogen and oxygen atoms in total. The standard InChI is InChI=1S/C13H10Cl2N6O/c14-8-2-1-6-7-5-21(13(22)12-17-19-20-18-12)4-3-9(7)16-11(6)10(8)15/h1-2,16H,3-5H2,(H,17,18,19,20). The van der Waals surface area contributed by atoms with Crippen molar-refractivity contribution in [2.24, 2.45) is 0 Å². The molecule has 112 valence electrons. The molecule has 2 N–H and O–H groups in total. The molecule has 0 saturated heterocycles. The molecule has 0 unspecified atom stereocenters. The largest absolute Gasteiger partial charge is 0.357 e. The number of aromatic nitrogens is 5. The lowest BCUT2D eigenvalue weighted by Gasteiger charge is -2.26. The molecule has 0 atom stereocenters. The maximum absolute atomic E-state index is 12.3. The van der Waals surface area contributed by atoms with Gasteiger partial charge in [-0.05, 0) is 11.3 Å². The van der Waals surface area contributed by atoms with E-state index in [4.69, 9.17) is 23.2 Å². The summed E-state index contributed by atoms with van der Waals surface area (Å²) < 4.78 is 0. The van der Waals surface area contributed by atoms with E-state index in [9.17, 15) is 4.79 Å². The average Bonchev–Trinajstić information content (AvgIpc) is 3.17. The van der Waals surface area contributed by atoms with Gasteiger partial charge >= 0.3 is 0 Å². The van der Waals surface area contributed by atoms with Crippen molar-refractivity contribution in [1.82, 2.24) is 30.5 Å². The van der Waals surface area contributed by atoms with E-state index in [-0.39, 0.29) is 11.7 Å². The van der Waals surface area contributed by atoms with Crippen LogP contribution in [0.15, 0.2) is 12.1 Å². The molecule has 0 saturated carbocycles. The molecule has 0 radical (unpaired) electrons. The number of halogens is 2. The van der Waals surface area contributed by atoms with Crippen molar-refractivity contribution >= 4 is 40.0 Å². The monoisotopic (exact) mass is 336 g/mol. The number of H-pyrrole nitrogens is 2. The number of carbonyl (C=O) groups excluding carboxylic acids is 1. The zero-order valence-corrected chi connectivity index (χ0v) is 12.7. The Hall–Kier alpha value is -2.12. The third-order valence-electron chi connectivity index (χ3n) is 3.86. The number of amides is 1. The Kier molecular flexibility index (Phi) is 3.05. The molecular formula is C13H10Cl2N6O. The van der Waals surface area contributed by atoms with Crippen LogP contribution in [0.2, 0.25) is 10.0 Å². The quantitative estimate of drug-likeness (QED) is 0.712. The average molecular weight is 337 g/mol. The van der Waals surface area contributed by atoms with Crippen molar-refractivity contribution < 1.29 is 4.79 Å². The van der Waals surface area contributed by atoms with Gasteiger partial charge in [0.15, 0.2) is 0 Å². The molecule has 2 aromatic heterocycles. The number of fused-ring (bicyclic) bond motifs is 3. The summed E-state index contributed by atoms with van der Waals surface area (Å²) in [6, 6.07) is 3.68. The summed E-state index contributed by atoms with van der Waals surface area (Å²) in [6.07, 6.45) is 0.710. The highest BCUT2D eigenvalue weighted by molar-refractivity contribution is 6.45. The first-order valence-corrected chi connectivity index (χ1v) is 7.41. The van der Waals surface area contributed by atoms with Crippen LogP contribution in [0.1, 0.15) is 21.9 Å². The minimum atomic E-state index is -0.242. The summed E-state index contributed by atoms with van der Waals surface area (Å²) >= 11 is 12.3. The van der Waals surface area contributed by atoms with E-state index in [0.717, 1.165) is 22.2 Å². The second-order valence-electron chi connectivity index (χ2n) is 5.08. The maximum atomic E-state index is 12.3. The molecule has 0 bridgehead atoms. The van der Waals surface area contributed by atoms with Crippen molar-refractivity contribution in [3.63, 3.8) is 0 Å². The van der Waals surface area contributed by atoms with E-state index in [1.165, 1.54) is 0 Å². The zero-order chi connectivity index (χ0) is 15.3. The molecule has 0 fully saturated rings. The van der Waals surface area contributed by atoms with Crippen LogP contribution in [-0.2, 0) is 13.0 Å². The molecule has 0 aliphatic carbocycles. The molecule has 0 spiro atoms. The first-order valence-electron chi connectivity index (χ1n) is 6.65. The number of hydrogen-bond acceptors (Lipinski definition) is 4. The lowest BCUT2D eigenvalue weighted by atomic mass is 10.0. The first kappa shape index (κ1) is 13.5. The van der Waals surface area contributed by atoms with E-state index in [2.05, 4.69) is 25.6 Å². The van der Waals surface area contributed by atoms with Gasteiger partial charge in [-0.2, -0.15) is 5.21 Å². The van der Waals surface area contributed by atoms with Gasteiger partial charge in [-0.25, -0.2) is 0 Å². The minimum Gasteiger partial charge on any atom is -0.357 e. The Bertz CT molecular complexity index is 872. The molecule has 22 heavy (non-hydrogen) atoms. The smallest absolute Gasteiger partial charge is 0.295 e. The third kappa shape index (κ3) is 1.97. The Morgan fingerprint density at radius 2 is 2.18 bits per heavy atom. The van der Waals surface area contributed by atoms with E-state index in [1.54, 1.807) is 11.0 Å². The van der Waals surface area contributed by atoms with E-state index in [0.29, 0.717) is 29.6 Å². The molecule has 9 heteroatoms. The number of aromatic amines is 2. The maximum Gasteiger partial charge on any atom is 0.295 e. The number of rotatable bonds is 1. The van der Waals surface area contributed by atoms with Crippen molar-refractivity contribution in [1.29, 1.82) is 0 Å².